The minimum Gasteiger partial charge on any atom is -0.494 e. The molecule has 0 aromatic heterocycles. The molecule has 0 saturated heterocycles. The number of ether oxygens (including phenoxy) is 1. The Morgan fingerprint density at radius 3 is 2.69 bits per heavy atom. The molecular formula is C13H20ClNO. The molecule has 1 rings (SSSR count). The highest BCUT2D eigenvalue weighted by Crippen LogP contribution is 2.19. The smallest absolute Gasteiger partial charge is 0.121 e. The van der Waals surface area contributed by atoms with Crippen molar-refractivity contribution < 1.29 is 4.74 Å². The summed E-state index contributed by atoms with van der Waals surface area (Å²) in [5.41, 5.74) is 1.17. The third kappa shape index (κ3) is 4.75. The van der Waals surface area contributed by atoms with Crippen LogP contribution < -0.4 is 9.64 Å². The van der Waals surface area contributed by atoms with Crippen LogP contribution in [-0.4, -0.2) is 26.6 Å². The molecule has 0 aliphatic heterocycles. The number of benzene rings is 1. The van der Waals surface area contributed by atoms with E-state index in [1.54, 1.807) is 0 Å². The van der Waals surface area contributed by atoms with Gasteiger partial charge in [0.1, 0.15) is 5.75 Å². The van der Waals surface area contributed by atoms with E-state index in [0.717, 1.165) is 37.5 Å². The number of nitrogens with zero attached hydrogens (tertiary/aromatic N) is 1. The first-order valence-electron chi connectivity index (χ1n) is 5.70. The second-order valence-electron chi connectivity index (χ2n) is 3.99. The maximum Gasteiger partial charge on any atom is 0.121 e. The molecule has 1 aromatic carbocycles. The third-order valence-corrected chi connectivity index (χ3v) is 2.65. The lowest BCUT2D eigenvalue weighted by atomic mass is 10.2. The summed E-state index contributed by atoms with van der Waals surface area (Å²) >= 11 is 5.61. The van der Waals surface area contributed by atoms with Gasteiger partial charge in [-0.15, -0.1) is 11.6 Å². The van der Waals surface area contributed by atoms with Crippen LogP contribution >= 0.6 is 11.6 Å². The molecule has 0 aliphatic rings. The summed E-state index contributed by atoms with van der Waals surface area (Å²) in [4.78, 5) is 2.07. The van der Waals surface area contributed by atoms with E-state index in [4.69, 9.17) is 16.3 Å². The van der Waals surface area contributed by atoms with Crippen molar-refractivity contribution in [2.45, 2.75) is 19.3 Å². The van der Waals surface area contributed by atoms with Gasteiger partial charge in [-0.25, -0.2) is 0 Å². The van der Waals surface area contributed by atoms with E-state index < -0.39 is 0 Å². The monoisotopic (exact) mass is 241 g/mol. The highest BCUT2D eigenvalue weighted by molar-refractivity contribution is 6.17. The highest BCUT2D eigenvalue weighted by atomic mass is 35.5. The van der Waals surface area contributed by atoms with E-state index in [2.05, 4.69) is 17.0 Å². The quantitative estimate of drug-likeness (QED) is 0.535. The van der Waals surface area contributed by atoms with Gasteiger partial charge in [-0.3, -0.25) is 0 Å². The van der Waals surface area contributed by atoms with Crippen LogP contribution in [0.3, 0.4) is 0 Å². The molecule has 90 valence electrons. The first kappa shape index (κ1) is 13.2. The molecule has 3 heteroatoms. The summed E-state index contributed by atoms with van der Waals surface area (Å²) in [6, 6.07) is 8.14. The molecular weight excluding hydrogens is 222 g/mol. The minimum atomic E-state index is 0.746. The van der Waals surface area contributed by atoms with Crippen LogP contribution in [-0.2, 0) is 0 Å². The normalized spacial score (nSPS) is 10.2. The van der Waals surface area contributed by atoms with Gasteiger partial charge in [-0.2, -0.15) is 0 Å². The number of halogens is 1. The van der Waals surface area contributed by atoms with Crippen molar-refractivity contribution in [1.29, 1.82) is 0 Å². The standard InChI is InChI=1S/C13H20ClNO/c1-15(2)12-7-6-8-13(11-12)16-10-5-3-4-9-14/h6-8,11H,3-5,9-10H2,1-2H3. The highest BCUT2D eigenvalue weighted by Gasteiger charge is 1.98. The largest absolute Gasteiger partial charge is 0.494 e. The second-order valence-corrected chi connectivity index (χ2v) is 4.37. The molecule has 0 fully saturated rings. The van der Waals surface area contributed by atoms with Crippen molar-refractivity contribution >= 4 is 17.3 Å². The van der Waals surface area contributed by atoms with Crippen LogP contribution in [0, 0.1) is 0 Å². The van der Waals surface area contributed by atoms with E-state index in [9.17, 15) is 0 Å². The summed E-state index contributed by atoms with van der Waals surface area (Å²) in [6.45, 7) is 0.772. The molecule has 0 saturated carbocycles. The molecule has 0 unspecified atom stereocenters. The molecule has 0 amide bonds. The van der Waals surface area contributed by atoms with Gasteiger partial charge in [-0.05, 0) is 31.4 Å². The Morgan fingerprint density at radius 1 is 1.19 bits per heavy atom. The van der Waals surface area contributed by atoms with Gasteiger partial charge in [0.25, 0.3) is 0 Å². The van der Waals surface area contributed by atoms with Gasteiger partial charge in [0.2, 0.25) is 0 Å². The summed E-state index contributed by atoms with van der Waals surface area (Å²) in [5.74, 6) is 1.69. The Balaban J connectivity index is 2.33. The Kier molecular flexibility index (Phi) is 6.09. The van der Waals surface area contributed by atoms with Crippen LogP contribution in [0.5, 0.6) is 5.75 Å². The third-order valence-electron chi connectivity index (χ3n) is 2.38. The van der Waals surface area contributed by atoms with E-state index in [-0.39, 0.29) is 0 Å². The molecule has 0 heterocycles. The number of hydrogen-bond donors (Lipinski definition) is 0. The molecule has 0 spiro atoms. The van der Waals surface area contributed by atoms with Gasteiger partial charge >= 0.3 is 0 Å². The maximum atomic E-state index is 5.67. The van der Waals surface area contributed by atoms with E-state index >= 15 is 0 Å². The van der Waals surface area contributed by atoms with Crippen LogP contribution in [0.4, 0.5) is 5.69 Å². The molecule has 1 aromatic rings. The second kappa shape index (κ2) is 7.39. The Morgan fingerprint density at radius 2 is 2.00 bits per heavy atom. The van der Waals surface area contributed by atoms with Crippen molar-refractivity contribution in [2.24, 2.45) is 0 Å². The Labute approximate surface area is 103 Å². The van der Waals surface area contributed by atoms with Crippen LogP contribution in [0.25, 0.3) is 0 Å². The predicted molar refractivity (Wildman–Crippen MR) is 70.8 cm³/mol. The number of rotatable bonds is 7. The van der Waals surface area contributed by atoms with Gasteiger partial charge in [-0.1, -0.05) is 6.07 Å². The van der Waals surface area contributed by atoms with E-state index in [0.29, 0.717) is 0 Å². The number of alkyl halides is 1. The number of unbranched alkanes of at least 4 members (excludes halogenated alkanes) is 2. The van der Waals surface area contributed by atoms with E-state index in [1.165, 1.54) is 5.69 Å². The number of hydrogen-bond acceptors (Lipinski definition) is 2. The van der Waals surface area contributed by atoms with Crippen LogP contribution in [0.2, 0.25) is 0 Å². The molecule has 0 bridgehead atoms. The van der Waals surface area contributed by atoms with Crippen molar-refractivity contribution in [1.82, 2.24) is 0 Å². The predicted octanol–water partition coefficient (Wildman–Crippen LogP) is 3.54. The molecule has 0 radical (unpaired) electrons. The number of anilines is 1. The summed E-state index contributed by atoms with van der Waals surface area (Å²) < 4.78 is 5.67. The molecule has 2 nitrogen and oxygen atoms in total. The topological polar surface area (TPSA) is 12.5 Å². The lowest BCUT2D eigenvalue weighted by molar-refractivity contribution is 0.306. The first-order chi connectivity index (χ1) is 7.74. The average molecular weight is 242 g/mol. The maximum absolute atomic E-state index is 5.67. The molecule has 0 aliphatic carbocycles. The minimum absolute atomic E-state index is 0.746. The zero-order valence-electron chi connectivity index (χ0n) is 10.1. The van der Waals surface area contributed by atoms with Crippen molar-refractivity contribution in [3.05, 3.63) is 24.3 Å². The van der Waals surface area contributed by atoms with Crippen molar-refractivity contribution in [2.75, 3.05) is 31.5 Å². The Hall–Kier alpha value is -0.890. The summed E-state index contributed by atoms with van der Waals surface area (Å²) in [5, 5.41) is 0. The fraction of sp³-hybridized carbons (Fsp3) is 0.538. The van der Waals surface area contributed by atoms with Crippen LogP contribution in [0.1, 0.15) is 19.3 Å². The molecule has 0 atom stereocenters. The average Bonchev–Trinajstić information content (AvgIpc) is 2.29. The van der Waals surface area contributed by atoms with Gasteiger partial charge < -0.3 is 9.64 Å². The van der Waals surface area contributed by atoms with Crippen molar-refractivity contribution in [3.8, 4) is 5.75 Å². The summed E-state index contributed by atoms with van der Waals surface area (Å²) in [7, 11) is 4.05. The zero-order valence-corrected chi connectivity index (χ0v) is 10.8. The lowest BCUT2D eigenvalue weighted by Gasteiger charge is -2.14. The Bertz CT molecular complexity index is 302. The van der Waals surface area contributed by atoms with Gasteiger partial charge in [0, 0.05) is 31.7 Å². The first-order valence-corrected chi connectivity index (χ1v) is 6.23. The van der Waals surface area contributed by atoms with Gasteiger partial charge in [0.05, 0.1) is 6.61 Å². The van der Waals surface area contributed by atoms with Crippen LogP contribution in [0.15, 0.2) is 24.3 Å². The fourth-order valence-corrected chi connectivity index (χ4v) is 1.60. The van der Waals surface area contributed by atoms with Gasteiger partial charge in [0.15, 0.2) is 0 Å². The molecule has 0 N–H and O–H groups in total. The van der Waals surface area contributed by atoms with Crippen molar-refractivity contribution in [3.63, 3.8) is 0 Å². The zero-order chi connectivity index (χ0) is 11.8. The summed E-state index contributed by atoms with van der Waals surface area (Å²) in [6.07, 6.45) is 3.28. The van der Waals surface area contributed by atoms with E-state index in [1.807, 2.05) is 26.2 Å². The fourth-order valence-electron chi connectivity index (χ4n) is 1.41. The molecule has 16 heavy (non-hydrogen) atoms. The SMILES string of the molecule is CN(C)c1cccc(OCCCCCCl)c1. The lowest BCUT2D eigenvalue weighted by Crippen LogP contribution is -2.08.